The number of aliphatic hydroxyl groups is 1. The topological polar surface area (TPSA) is 87.8 Å². The van der Waals surface area contributed by atoms with E-state index in [0.29, 0.717) is 11.6 Å². The second-order valence-electron chi connectivity index (χ2n) is 2.03. The van der Waals surface area contributed by atoms with Crippen molar-refractivity contribution >= 4 is 0 Å². The van der Waals surface area contributed by atoms with E-state index in [4.69, 9.17) is 10.8 Å². The second kappa shape index (κ2) is 2.76. The Morgan fingerprint density at radius 2 is 2.50 bits per heavy atom. The van der Waals surface area contributed by atoms with Gasteiger partial charge in [0, 0.05) is 6.54 Å². The first-order valence-corrected chi connectivity index (χ1v) is 3.01. The van der Waals surface area contributed by atoms with E-state index in [2.05, 4.69) is 15.2 Å². The zero-order valence-corrected chi connectivity index (χ0v) is 5.70. The molecule has 0 bridgehead atoms. The van der Waals surface area contributed by atoms with E-state index in [1.165, 1.54) is 0 Å². The van der Waals surface area contributed by atoms with Crippen LogP contribution in [0.2, 0.25) is 0 Å². The molecule has 5 nitrogen and oxygen atoms in total. The molecule has 1 aromatic heterocycles. The van der Waals surface area contributed by atoms with Crippen LogP contribution < -0.4 is 5.73 Å². The fourth-order valence-corrected chi connectivity index (χ4v) is 0.614. The number of nitrogens with two attached hydrogens (primary N) is 1. The quantitative estimate of drug-likeness (QED) is 0.499. The third-order valence-electron chi connectivity index (χ3n) is 1.14. The van der Waals surface area contributed by atoms with Gasteiger partial charge < -0.3 is 10.8 Å². The van der Waals surface area contributed by atoms with Crippen LogP contribution in [0.4, 0.5) is 0 Å². The molecule has 4 N–H and O–H groups in total. The molecular weight excluding hydrogens is 132 g/mol. The number of nitrogens with zero attached hydrogens (tertiary/aromatic N) is 2. The van der Waals surface area contributed by atoms with Gasteiger partial charge in [-0.2, -0.15) is 5.10 Å². The third kappa shape index (κ3) is 1.31. The van der Waals surface area contributed by atoms with Crippen LogP contribution >= 0.6 is 0 Å². The molecule has 10 heavy (non-hydrogen) atoms. The number of hydrogen-bond donors (Lipinski definition) is 3. The molecule has 1 unspecified atom stereocenters. The normalized spacial score (nSPS) is 13.5. The Kier molecular flexibility index (Phi) is 1.98. The molecule has 0 aliphatic rings. The average Bonchev–Trinajstić information content (AvgIpc) is 2.34. The SMILES string of the molecule is Cc1nc(C(O)CN)n[nH]1. The molecule has 0 radical (unpaired) electrons. The largest absolute Gasteiger partial charge is 0.384 e. The van der Waals surface area contributed by atoms with Crippen LogP contribution in [0.1, 0.15) is 17.8 Å². The Morgan fingerprint density at radius 3 is 2.90 bits per heavy atom. The molecule has 1 rings (SSSR count). The second-order valence-corrected chi connectivity index (χ2v) is 2.03. The summed E-state index contributed by atoms with van der Waals surface area (Å²) in [5.74, 6) is 1.04. The molecule has 1 atom stereocenters. The molecular formula is C5H10N4O. The van der Waals surface area contributed by atoms with Crippen molar-refractivity contribution in [2.24, 2.45) is 5.73 Å². The molecule has 1 heterocycles. The number of hydrogen-bond acceptors (Lipinski definition) is 4. The summed E-state index contributed by atoms with van der Waals surface area (Å²) in [4.78, 5) is 3.88. The van der Waals surface area contributed by atoms with Gasteiger partial charge in [-0.3, -0.25) is 5.10 Å². The monoisotopic (exact) mass is 142 g/mol. The first kappa shape index (κ1) is 7.17. The first-order valence-electron chi connectivity index (χ1n) is 3.01. The molecule has 0 saturated carbocycles. The highest BCUT2D eigenvalue weighted by Gasteiger charge is 2.08. The van der Waals surface area contributed by atoms with Crippen molar-refractivity contribution in [3.8, 4) is 0 Å². The summed E-state index contributed by atoms with van der Waals surface area (Å²) in [5, 5.41) is 15.4. The van der Waals surface area contributed by atoms with Gasteiger partial charge in [-0.15, -0.1) is 0 Å². The number of rotatable bonds is 2. The summed E-state index contributed by atoms with van der Waals surface area (Å²) in [6.07, 6.45) is -0.745. The maximum atomic E-state index is 9.07. The highest BCUT2D eigenvalue weighted by Crippen LogP contribution is 2.02. The van der Waals surface area contributed by atoms with E-state index in [1.807, 2.05) is 0 Å². The summed E-state index contributed by atoms with van der Waals surface area (Å²) in [5.41, 5.74) is 5.17. The predicted octanol–water partition coefficient (Wildman–Crippen LogP) is -0.895. The Morgan fingerprint density at radius 1 is 1.80 bits per heavy atom. The van der Waals surface area contributed by atoms with E-state index in [0.717, 1.165) is 0 Å². The summed E-state index contributed by atoms with van der Waals surface area (Å²) in [6, 6.07) is 0. The van der Waals surface area contributed by atoms with E-state index in [1.54, 1.807) is 6.92 Å². The molecule has 0 spiro atoms. The van der Waals surface area contributed by atoms with Crippen LogP contribution in [-0.2, 0) is 0 Å². The lowest BCUT2D eigenvalue weighted by atomic mass is 10.3. The lowest BCUT2D eigenvalue weighted by molar-refractivity contribution is 0.177. The van der Waals surface area contributed by atoms with E-state index >= 15 is 0 Å². The zero-order chi connectivity index (χ0) is 7.56. The van der Waals surface area contributed by atoms with Crippen LogP contribution in [0.15, 0.2) is 0 Å². The highest BCUT2D eigenvalue weighted by atomic mass is 16.3. The zero-order valence-electron chi connectivity index (χ0n) is 5.70. The van der Waals surface area contributed by atoms with Gasteiger partial charge in [-0.25, -0.2) is 4.98 Å². The minimum absolute atomic E-state index is 0.150. The highest BCUT2D eigenvalue weighted by molar-refractivity contribution is 4.91. The van der Waals surface area contributed by atoms with Gasteiger partial charge in [0.1, 0.15) is 11.9 Å². The molecule has 56 valence electrons. The minimum Gasteiger partial charge on any atom is -0.384 e. The van der Waals surface area contributed by atoms with Gasteiger partial charge in [0.15, 0.2) is 5.82 Å². The van der Waals surface area contributed by atoms with Crippen LogP contribution in [0, 0.1) is 6.92 Å². The number of nitrogens with one attached hydrogen (secondary N) is 1. The molecule has 1 aromatic rings. The minimum atomic E-state index is -0.745. The van der Waals surface area contributed by atoms with Gasteiger partial charge in [0.05, 0.1) is 0 Å². The van der Waals surface area contributed by atoms with Crippen LogP contribution in [-0.4, -0.2) is 26.8 Å². The Bertz CT molecular complexity index is 209. The summed E-state index contributed by atoms with van der Waals surface area (Å²) in [6.45, 7) is 1.91. The van der Waals surface area contributed by atoms with Crippen LogP contribution in [0.5, 0.6) is 0 Å². The number of aliphatic hydroxyl groups excluding tert-OH is 1. The smallest absolute Gasteiger partial charge is 0.180 e. The number of aryl methyl sites for hydroxylation is 1. The molecule has 0 aliphatic heterocycles. The number of aromatic amines is 1. The average molecular weight is 142 g/mol. The molecule has 0 saturated heterocycles. The van der Waals surface area contributed by atoms with Crippen molar-refractivity contribution in [3.63, 3.8) is 0 Å². The molecule has 5 heteroatoms. The van der Waals surface area contributed by atoms with E-state index < -0.39 is 6.10 Å². The van der Waals surface area contributed by atoms with Crippen LogP contribution in [0.25, 0.3) is 0 Å². The van der Waals surface area contributed by atoms with Gasteiger partial charge >= 0.3 is 0 Å². The summed E-state index contributed by atoms with van der Waals surface area (Å²) < 4.78 is 0. The molecule has 0 fully saturated rings. The first-order chi connectivity index (χ1) is 4.74. The maximum Gasteiger partial charge on any atom is 0.180 e. The van der Waals surface area contributed by atoms with Crippen molar-refractivity contribution in [1.29, 1.82) is 0 Å². The molecule has 0 aliphatic carbocycles. The summed E-state index contributed by atoms with van der Waals surface area (Å²) >= 11 is 0. The van der Waals surface area contributed by atoms with E-state index in [-0.39, 0.29) is 6.54 Å². The Balaban J connectivity index is 2.74. The Hall–Kier alpha value is -0.940. The summed E-state index contributed by atoms with van der Waals surface area (Å²) in [7, 11) is 0. The number of H-pyrrole nitrogens is 1. The lowest BCUT2D eigenvalue weighted by Gasteiger charge is -1.98. The van der Waals surface area contributed by atoms with Gasteiger partial charge in [-0.05, 0) is 6.92 Å². The van der Waals surface area contributed by atoms with E-state index in [9.17, 15) is 0 Å². The Labute approximate surface area is 58.3 Å². The standard InChI is InChI=1S/C5H10N4O/c1-3-7-5(9-8-3)4(10)2-6/h4,10H,2,6H2,1H3,(H,7,8,9). The predicted molar refractivity (Wildman–Crippen MR) is 35.1 cm³/mol. The van der Waals surface area contributed by atoms with Crippen LogP contribution in [0.3, 0.4) is 0 Å². The maximum absolute atomic E-state index is 9.07. The fraction of sp³-hybridized carbons (Fsp3) is 0.600. The van der Waals surface area contributed by atoms with Gasteiger partial charge in [0.25, 0.3) is 0 Å². The molecule has 0 aromatic carbocycles. The lowest BCUT2D eigenvalue weighted by Crippen LogP contribution is -2.12. The third-order valence-corrected chi connectivity index (χ3v) is 1.14. The molecule has 0 amide bonds. The van der Waals surface area contributed by atoms with Crippen molar-refractivity contribution in [3.05, 3.63) is 11.6 Å². The van der Waals surface area contributed by atoms with Crippen molar-refractivity contribution in [1.82, 2.24) is 15.2 Å². The van der Waals surface area contributed by atoms with Crippen molar-refractivity contribution in [2.45, 2.75) is 13.0 Å². The van der Waals surface area contributed by atoms with Gasteiger partial charge in [-0.1, -0.05) is 0 Å². The fourth-order valence-electron chi connectivity index (χ4n) is 0.614. The van der Waals surface area contributed by atoms with Crippen molar-refractivity contribution in [2.75, 3.05) is 6.54 Å². The number of aromatic nitrogens is 3. The van der Waals surface area contributed by atoms with Crippen molar-refractivity contribution < 1.29 is 5.11 Å². The van der Waals surface area contributed by atoms with Gasteiger partial charge in [0.2, 0.25) is 0 Å².